The molecule has 1 aromatic rings. The van der Waals surface area contributed by atoms with Crippen LogP contribution >= 0.6 is 0 Å². The van der Waals surface area contributed by atoms with Crippen LogP contribution in [0, 0.1) is 0 Å². The summed E-state index contributed by atoms with van der Waals surface area (Å²) in [5.74, 6) is -0.547. The summed E-state index contributed by atoms with van der Waals surface area (Å²) < 4.78 is 0. The minimum Gasteiger partial charge on any atom is -0.358 e. The molecule has 1 aromatic carbocycles. The SMILES string of the molecule is CNC(=O)CN(C)C(=O)C=Cc1ccc(C(=O)NC2CC2)cc1. The van der Waals surface area contributed by atoms with Crippen molar-refractivity contribution in [1.29, 1.82) is 0 Å². The van der Waals surface area contributed by atoms with Crippen molar-refractivity contribution in [2.75, 3.05) is 20.6 Å². The van der Waals surface area contributed by atoms with Crippen LogP contribution < -0.4 is 10.6 Å². The number of benzene rings is 1. The highest BCUT2D eigenvalue weighted by molar-refractivity contribution is 5.96. The predicted molar refractivity (Wildman–Crippen MR) is 87.7 cm³/mol. The monoisotopic (exact) mass is 315 g/mol. The third-order valence-electron chi connectivity index (χ3n) is 3.54. The topological polar surface area (TPSA) is 78.5 Å². The molecule has 1 saturated carbocycles. The normalized spacial score (nSPS) is 13.7. The Kier molecular flexibility index (Phi) is 5.51. The first-order valence-electron chi connectivity index (χ1n) is 7.54. The lowest BCUT2D eigenvalue weighted by molar-refractivity contribution is -0.130. The minimum atomic E-state index is -0.260. The van der Waals surface area contributed by atoms with Gasteiger partial charge in [-0.05, 0) is 36.6 Å². The number of hydrogen-bond donors (Lipinski definition) is 2. The van der Waals surface area contributed by atoms with E-state index in [4.69, 9.17) is 0 Å². The van der Waals surface area contributed by atoms with Gasteiger partial charge in [0.2, 0.25) is 11.8 Å². The van der Waals surface area contributed by atoms with Crippen LogP contribution in [0.3, 0.4) is 0 Å². The molecule has 2 rings (SSSR count). The van der Waals surface area contributed by atoms with Gasteiger partial charge in [0.25, 0.3) is 5.91 Å². The Morgan fingerprint density at radius 2 is 1.87 bits per heavy atom. The van der Waals surface area contributed by atoms with E-state index >= 15 is 0 Å². The molecule has 0 spiro atoms. The van der Waals surface area contributed by atoms with E-state index in [2.05, 4.69) is 10.6 Å². The van der Waals surface area contributed by atoms with Gasteiger partial charge in [-0.15, -0.1) is 0 Å². The molecule has 0 aromatic heterocycles. The second-order valence-electron chi connectivity index (χ2n) is 5.57. The highest BCUT2D eigenvalue weighted by Crippen LogP contribution is 2.19. The smallest absolute Gasteiger partial charge is 0.251 e. The number of nitrogens with one attached hydrogen (secondary N) is 2. The molecule has 0 radical (unpaired) electrons. The zero-order chi connectivity index (χ0) is 16.8. The van der Waals surface area contributed by atoms with E-state index in [9.17, 15) is 14.4 Å². The van der Waals surface area contributed by atoms with Crippen molar-refractivity contribution in [2.24, 2.45) is 0 Å². The molecule has 23 heavy (non-hydrogen) atoms. The minimum absolute atomic E-state index is 0.0138. The van der Waals surface area contributed by atoms with Crippen molar-refractivity contribution in [2.45, 2.75) is 18.9 Å². The molecule has 6 heteroatoms. The summed E-state index contributed by atoms with van der Waals surface area (Å²) in [6.07, 6.45) is 5.17. The third kappa shape index (κ3) is 5.25. The van der Waals surface area contributed by atoms with Crippen LogP contribution in [-0.4, -0.2) is 49.3 Å². The van der Waals surface area contributed by atoms with Gasteiger partial charge in [-0.2, -0.15) is 0 Å². The van der Waals surface area contributed by atoms with E-state index in [1.165, 1.54) is 18.0 Å². The van der Waals surface area contributed by atoms with Gasteiger partial charge in [-0.1, -0.05) is 12.1 Å². The largest absolute Gasteiger partial charge is 0.358 e. The van der Waals surface area contributed by atoms with E-state index in [0.717, 1.165) is 18.4 Å². The van der Waals surface area contributed by atoms with Crippen molar-refractivity contribution in [3.63, 3.8) is 0 Å². The fourth-order valence-corrected chi connectivity index (χ4v) is 1.91. The van der Waals surface area contributed by atoms with Gasteiger partial charge in [-0.25, -0.2) is 0 Å². The summed E-state index contributed by atoms with van der Waals surface area (Å²) in [4.78, 5) is 36.3. The van der Waals surface area contributed by atoms with Crippen molar-refractivity contribution in [1.82, 2.24) is 15.5 Å². The Morgan fingerprint density at radius 1 is 1.22 bits per heavy atom. The summed E-state index contributed by atoms with van der Waals surface area (Å²) in [5, 5.41) is 5.39. The lowest BCUT2D eigenvalue weighted by atomic mass is 10.1. The van der Waals surface area contributed by atoms with E-state index in [0.29, 0.717) is 11.6 Å². The lowest BCUT2D eigenvalue weighted by Crippen LogP contribution is -2.35. The zero-order valence-electron chi connectivity index (χ0n) is 13.3. The van der Waals surface area contributed by atoms with Gasteiger partial charge in [-0.3, -0.25) is 14.4 Å². The molecule has 0 atom stereocenters. The molecule has 0 unspecified atom stereocenters. The lowest BCUT2D eigenvalue weighted by Gasteiger charge is -2.13. The number of likely N-dealkylation sites (N-methyl/N-ethyl adjacent to an activating group) is 2. The first-order valence-corrected chi connectivity index (χ1v) is 7.54. The predicted octanol–water partition coefficient (Wildman–Crippen LogP) is 0.796. The van der Waals surface area contributed by atoms with Crippen LogP contribution in [0.5, 0.6) is 0 Å². The molecular formula is C17H21N3O3. The van der Waals surface area contributed by atoms with E-state index < -0.39 is 0 Å². The Balaban J connectivity index is 1.90. The molecule has 122 valence electrons. The van der Waals surface area contributed by atoms with Crippen molar-refractivity contribution in [3.8, 4) is 0 Å². The van der Waals surface area contributed by atoms with Gasteiger partial charge in [0, 0.05) is 31.8 Å². The number of nitrogens with zero attached hydrogens (tertiary/aromatic N) is 1. The van der Waals surface area contributed by atoms with Crippen LogP contribution in [0.25, 0.3) is 6.08 Å². The van der Waals surface area contributed by atoms with Gasteiger partial charge in [0.1, 0.15) is 0 Å². The van der Waals surface area contributed by atoms with Crippen LogP contribution in [0.1, 0.15) is 28.8 Å². The van der Waals surface area contributed by atoms with Gasteiger partial charge in [0.15, 0.2) is 0 Å². The standard InChI is InChI=1S/C17H21N3O3/c1-18-15(21)11-20(2)16(22)10-5-12-3-6-13(7-4-12)17(23)19-14-8-9-14/h3-7,10,14H,8-9,11H2,1-2H3,(H,18,21)(H,19,23). The second kappa shape index (κ2) is 7.58. The van der Waals surface area contributed by atoms with E-state index in [1.807, 2.05) is 0 Å². The van der Waals surface area contributed by atoms with Gasteiger partial charge in [0.05, 0.1) is 6.54 Å². The molecule has 1 aliphatic rings. The molecule has 2 N–H and O–H groups in total. The molecular weight excluding hydrogens is 294 g/mol. The Morgan fingerprint density at radius 3 is 2.43 bits per heavy atom. The van der Waals surface area contributed by atoms with Crippen LogP contribution in [0.15, 0.2) is 30.3 Å². The maximum absolute atomic E-state index is 11.9. The number of carbonyl (C=O) groups is 3. The molecule has 0 bridgehead atoms. The van der Waals surface area contributed by atoms with Crippen LogP contribution in [-0.2, 0) is 9.59 Å². The molecule has 0 saturated heterocycles. The molecule has 3 amide bonds. The van der Waals surface area contributed by atoms with Crippen LogP contribution in [0.2, 0.25) is 0 Å². The zero-order valence-corrected chi connectivity index (χ0v) is 13.3. The maximum atomic E-state index is 11.9. The maximum Gasteiger partial charge on any atom is 0.251 e. The van der Waals surface area contributed by atoms with Gasteiger partial charge >= 0.3 is 0 Å². The van der Waals surface area contributed by atoms with E-state index in [-0.39, 0.29) is 24.3 Å². The number of hydrogen-bond acceptors (Lipinski definition) is 3. The van der Waals surface area contributed by atoms with Crippen LogP contribution in [0.4, 0.5) is 0 Å². The molecule has 1 fully saturated rings. The summed E-state index contributed by atoms with van der Waals surface area (Å²) in [6.45, 7) is 0.0138. The molecule has 1 aliphatic carbocycles. The first kappa shape index (κ1) is 16.7. The summed E-state index contributed by atoms with van der Waals surface area (Å²) in [7, 11) is 3.09. The highest BCUT2D eigenvalue weighted by Gasteiger charge is 2.23. The third-order valence-corrected chi connectivity index (χ3v) is 3.54. The number of rotatable bonds is 6. The van der Waals surface area contributed by atoms with Crippen molar-refractivity contribution >= 4 is 23.8 Å². The van der Waals surface area contributed by atoms with Crippen molar-refractivity contribution < 1.29 is 14.4 Å². The number of amides is 3. The van der Waals surface area contributed by atoms with Gasteiger partial charge < -0.3 is 15.5 Å². The quantitative estimate of drug-likeness (QED) is 0.762. The summed E-state index contributed by atoms with van der Waals surface area (Å²) >= 11 is 0. The first-order chi connectivity index (χ1) is 11.0. The highest BCUT2D eigenvalue weighted by atomic mass is 16.2. The Labute approximate surface area is 135 Å². The summed E-state index contributed by atoms with van der Waals surface area (Å²) in [6, 6.07) is 7.36. The average molecular weight is 315 g/mol. The summed E-state index contributed by atoms with van der Waals surface area (Å²) in [5.41, 5.74) is 1.42. The number of carbonyl (C=O) groups excluding carboxylic acids is 3. The van der Waals surface area contributed by atoms with Crippen molar-refractivity contribution in [3.05, 3.63) is 41.5 Å². The Hall–Kier alpha value is -2.63. The Bertz CT molecular complexity index is 618. The molecule has 0 aliphatic heterocycles. The average Bonchev–Trinajstić information content (AvgIpc) is 3.36. The second-order valence-corrected chi connectivity index (χ2v) is 5.57. The fourth-order valence-electron chi connectivity index (χ4n) is 1.91. The van der Waals surface area contributed by atoms with E-state index in [1.54, 1.807) is 37.4 Å². The molecule has 6 nitrogen and oxygen atoms in total. The molecule has 0 heterocycles. The fraction of sp³-hybridized carbons (Fsp3) is 0.353.